The number of nitrogens with two attached hydrogens (primary N) is 1. The summed E-state index contributed by atoms with van der Waals surface area (Å²) in [5.74, 6) is -0.236. The fourth-order valence-corrected chi connectivity index (χ4v) is 3.97. The number of allylic oxidation sites excluding steroid dienone is 1. The number of carbonyl (C=O) groups excluding carboxylic acids is 1. The number of anilines is 1. The number of pyridine rings is 1. The third-order valence-electron chi connectivity index (χ3n) is 5.53. The molecule has 7 heteroatoms. The normalized spacial score (nSPS) is 21.3. The molecule has 2 aliphatic rings. The fraction of sp³-hybridized carbons (Fsp3) is 0.261. The van der Waals surface area contributed by atoms with Crippen molar-refractivity contribution >= 4 is 29.5 Å². The number of rotatable bonds is 7. The number of hydrogen-bond acceptors (Lipinski definition) is 6. The van der Waals surface area contributed by atoms with E-state index in [1.165, 1.54) is 24.1 Å². The molecule has 0 saturated carbocycles. The van der Waals surface area contributed by atoms with E-state index in [1.807, 2.05) is 24.3 Å². The summed E-state index contributed by atoms with van der Waals surface area (Å²) in [6, 6.07) is 10.2. The Morgan fingerprint density at radius 2 is 2.17 bits per heavy atom. The Labute approximate surface area is 175 Å². The van der Waals surface area contributed by atoms with Gasteiger partial charge in [0.2, 0.25) is 5.91 Å². The van der Waals surface area contributed by atoms with Crippen molar-refractivity contribution in [2.75, 3.05) is 18.5 Å². The van der Waals surface area contributed by atoms with Gasteiger partial charge < -0.3 is 21.2 Å². The molecule has 2 fully saturated rings. The van der Waals surface area contributed by atoms with Crippen LogP contribution in [0, 0.1) is 5.41 Å². The molecule has 0 radical (unpaired) electrons. The molecule has 7 nitrogen and oxygen atoms in total. The van der Waals surface area contributed by atoms with E-state index in [1.54, 1.807) is 24.5 Å². The fourth-order valence-electron chi connectivity index (χ4n) is 3.97. The summed E-state index contributed by atoms with van der Waals surface area (Å²) in [7, 11) is 0. The van der Waals surface area contributed by atoms with Crippen LogP contribution in [0.2, 0.25) is 0 Å². The number of hydrogen-bond donors (Lipinski definition) is 3. The molecule has 2 unspecified atom stereocenters. The van der Waals surface area contributed by atoms with Gasteiger partial charge in [0.1, 0.15) is 0 Å². The number of amides is 1. The molecule has 1 amide bonds. The average Bonchev–Trinajstić information content (AvgIpc) is 3.39. The van der Waals surface area contributed by atoms with Crippen LogP contribution in [0.15, 0.2) is 55.0 Å². The number of nitrogens with zero attached hydrogens (tertiary/aromatic N) is 2. The minimum absolute atomic E-state index is 0.236. The van der Waals surface area contributed by atoms with Crippen molar-refractivity contribution in [1.29, 1.82) is 5.41 Å². The highest BCUT2D eigenvalue weighted by Crippen LogP contribution is 2.29. The minimum atomic E-state index is -0.236. The molecule has 154 valence electrons. The van der Waals surface area contributed by atoms with Crippen LogP contribution in [0.5, 0.6) is 0 Å². The summed E-state index contributed by atoms with van der Waals surface area (Å²) in [4.78, 5) is 18.9. The lowest BCUT2D eigenvalue weighted by molar-refractivity contribution is -0.111. The summed E-state index contributed by atoms with van der Waals surface area (Å²) in [5.41, 5.74) is 9.57. The van der Waals surface area contributed by atoms with Gasteiger partial charge in [0, 0.05) is 66.8 Å². The van der Waals surface area contributed by atoms with Gasteiger partial charge in [-0.1, -0.05) is 12.1 Å². The summed E-state index contributed by atoms with van der Waals surface area (Å²) in [5, 5.41) is 10.3. The van der Waals surface area contributed by atoms with Gasteiger partial charge in [0.05, 0.1) is 12.7 Å². The first-order chi connectivity index (χ1) is 14.7. The molecule has 2 aromatic rings. The molecule has 2 aliphatic heterocycles. The zero-order chi connectivity index (χ0) is 20.9. The Morgan fingerprint density at radius 3 is 2.83 bits per heavy atom. The topological polar surface area (TPSA) is 104 Å². The minimum Gasteiger partial charge on any atom is -0.404 e. The highest BCUT2D eigenvalue weighted by Gasteiger charge is 2.38. The van der Waals surface area contributed by atoms with Crippen molar-refractivity contribution in [3.8, 4) is 0 Å². The van der Waals surface area contributed by atoms with Gasteiger partial charge in [-0.25, -0.2) is 0 Å². The number of fused-ring (bicyclic) bond motifs is 2. The van der Waals surface area contributed by atoms with Gasteiger partial charge in [-0.15, -0.1) is 0 Å². The van der Waals surface area contributed by atoms with E-state index in [9.17, 15) is 4.79 Å². The number of nitrogens with one attached hydrogen (secondary N) is 2. The predicted octanol–water partition coefficient (Wildman–Crippen LogP) is 2.66. The summed E-state index contributed by atoms with van der Waals surface area (Å²) in [6.07, 6.45) is 10.5. The highest BCUT2D eigenvalue weighted by molar-refractivity contribution is 6.10. The second kappa shape index (κ2) is 9.02. The molecular weight excluding hydrogens is 378 g/mol. The zero-order valence-corrected chi connectivity index (χ0v) is 16.6. The van der Waals surface area contributed by atoms with Crippen LogP contribution in [0.1, 0.15) is 23.1 Å². The molecule has 1 aromatic heterocycles. The molecule has 2 saturated heterocycles. The number of benzene rings is 1. The van der Waals surface area contributed by atoms with Crippen molar-refractivity contribution in [2.45, 2.75) is 25.1 Å². The van der Waals surface area contributed by atoms with Crippen LogP contribution in [0.3, 0.4) is 0 Å². The van der Waals surface area contributed by atoms with Gasteiger partial charge in [-0.3, -0.25) is 14.7 Å². The van der Waals surface area contributed by atoms with Crippen molar-refractivity contribution in [3.05, 3.63) is 71.7 Å². The first kappa shape index (κ1) is 20.0. The van der Waals surface area contributed by atoms with E-state index < -0.39 is 0 Å². The first-order valence-electron chi connectivity index (χ1n) is 9.96. The van der Waals surface area contributed by atoms with E-state index in [2.05, 4.69) is 15.2 Å². The van der Waals surface area contributed by atoms with Crippen LogP contribution < -0.4 is 11.1 Å². The van der Waals surface area contributed by atoms with E-state index in [-0.39, 0.29) is 5.91 Å². The molecule has 3 heterocycles. The molecule has 0 aliphatic carbocycles. The van der Waals surface area contributed by atoms with E-state index in [4.69, 9.17) is 15.9 Å². The van der Waals surface area contributed by atoms with Gasteiger partial charge in [-0.05, 0) is 41.8 Å². The number of morpholine rings is 1. The molecular formula is C23H25N5O2. The van der Waals surface area contributed by atoms with Gasteiger partial charge in [-0.2, -0.15) is 0 Å². The van der Waals surface area contributed by atoms with Gasteiger partial charge in [0.15, 0.2) is 0 Å². The van der Waals surface area contributed by atoms with E-state index in [0.717, 1.165) is 37.4 Å². The predicted molar refractivity (Wildman–Crippen MR) is 118 cm³/mol. The molecule has 2 atom stereocenters. The monoisotopic (exact) mass is 403 g/mol. The lowest BCUT2D eigenvalue weighted by Gasteiger charge is -2.26. The number of likely N-dealkylation sites (tertiary alicyclic amines) is 1. The molecule has 1 aromatic carbocycles. The first-order valence-corrected chi connectivity index (χ1v) is 9.96. The van der Waals surface area contributed by atoms with Crippen molar-refractivity contribution < 1.29 is 9.53 Å². The third-order valence-corrected chi connectivity index (χ3v) is 5.53. The SMILES string of the molecule is N=CC(=CN)c1ccncc1/C=C/C(=O)Nc1ccc(CN2CC3CC2CO3)cc1. The second-order valence-electron chi connectivity index (χ2n) is 7.52. The smallest absolute Gasteiger partial charge is 0.248 e. The Morgan fingerprint density at radius 1 is 1.33 bits per heavy atom. The molecule has 4 N–H and O–H groups in total. The summed E-state index contributed by atoms with van der Waals surface area (Å²) in [6.45, 7) is 2.75. The van der Waals surface area contributed by atoms with Crippen molar-refractivity contribution in [2.24, 2.45) is 5.73 Å². The van der Waals surface area contributed by atoms with Crippen molar-refractivity contribution in [1.82, 2.24) is 9.88 Å². The lowest BCUT2D eigenvalue weighted by atomic mass is 10.0. The zero-order valence-electron chi connectivity index (χ0n) is 16.6. The summed E-state index contributed by atoms with van der Waals surface area (Å²) < 4.78 is 5.65. The van der Waals surface area contributed by atoms with Crippen molar-refractivity contribution in [3.63, 3.8) is 0 Å². The Balaban J connectivity index is 1.36. The average molecular weight is 403 g/mol. The highest BCUT2D eigenvalue weighted by atomic mass is 16.5. The van der Waals surface area contributed by atoms with Crippen LogP contribution in [0.25, 0.3) is 11.6 Å². The number of carbonyl (C=O) groups is 1. The quantitative estimate of drug-likeness (QED) is 0.487. The third kappa shape index (κ3) is 4.48. The standard InChI is InChI=1S/C23H25N5O2/c24-10-18(11-25)22-7-8-26-12-17(22)3-6-23(29)27-19-4-1-16(2-5-19)13-28-14-21-9-20(28)15-30-21/h1-8,10-12,20-21,24H,9,13-15,25H2,(H,27,29)/b6-3+,18-11?,24-10?. The van der Waals surface area contributed by atoms with E-state index >= 15 is 0 Å². The van der Waals surface area contributed by atoms with Crippen LogP contribution in [0.4, 0.5) is 5.69 Å². The molecule has 0 spiro atoms. The van der Waals surface area contributed by atoms with E-state index in [0.29, 0.717) is 23.3 Å². The number of aromatic nitrogens is 1. The Bertz CT molecular complexity index is 983. The largest absolute Gasteiger partial charge is 0.404 e. The maximum atomic E-state index is 12.3. The Hall–Kier alpha value is -3.29. The summed E-state index contributed by atoms with van der Waals surface area (Å²) >= 11 is 0. The van der Waals surface area contributed by atoms with Crippen LogP contribution in [-0.2, 0) is 16.1 Å². The Kier molecular flexibility index (Phi) is 6.02. The maximum absolute atomic E-state index is 12.3. The molecule has 4 rings (SSSR count). The van der Waals surface area contributed by atoms with Gasteiger partial charge in [0.25, 0.3) is 0 Å². The maximum Gasteiger partial charge on any atom is 0.248 e. The molecule has 30 heavy (non-hydrogen) atoms. The lowest BCUT2D eigenvalue weighted by Crippen LogP contribution is -2.36. The molecule has 2 bridgehead atoms. The number of ether oxygens (including phenoxy) is 1. The van der Waals surface area contributed by atoms with Crippen LogP contribution in [-0.4, -0.2) is 47.3 Å². The second-order valence-corrected chi connectivity index (χ2v) is 7.52. The van der Waals surface area contributed by atoms with Gasteiger partial charge >= 0.3 is 0 Å². The van der Waals surface area contributed by atoms with Crippen LogP contribution >= 0.6 is 0 Å².